The average molecular weight is 307 g/mol. The Hall–Kier alpha value is -1.81. The average Bonchev–Trinajstić information content (AvgIpc) is 2.45. The predicted octanol–water partition coefficient (Wildman–Crippen LogP) is 2.47. The number of carbonyl (C=O) groups is 2. The third-order valence-corrected chi connectivity index (χ3v) is 4.07. The molecule has 4 nitrogen and oxygen atoms in total. The van der Waals surface area contributed by atoms with Crippen molar-refractivity contribution in [1.29, 1.82) is 0 Å². The second kappa shape index (κ2) is 6.76. The van der Waals surface area contributed by atoms with Crippen LogP contribution in [0.4, 0.5) is 0 Å². The number of benzene rings is 1. The molecular weight excluding hydrogens is 288 g/mol. The van der Waals surface area contributed by atoms with Gasteiger partial charge in [-0.05, 0) is 43.5 Å². The fourth-order valence-corrected chi connectivity index (χ4v) is 2.72. The normalized spacial score (nSPS) is 22.5. The molecule has 2 rings (SSSR count). The Bertz CT molecular complexity index is 571. The molecule has 2 unspecified atom stereocenters. The fraction of sp³-hybridized carbons (Fsp3) is 0.375. The van der Waals surface area contributed by atoms with Crippen LogP contribution in [0.1, 0.15) is 25.3 Å². The van der Waals surface area contributed by atoms with Gasteiger partial charge in [0.2, 0.25) is 11.8 Å². The minimum atomic E-state index is -0.335. The quantitative estimate of drug-likeness (QED) is 0.872. The number of nitrogens with zero attached hydrogens (tertiary/aromatic N) is 1. The number of amides is 2. The molecule has 1 aliphatic heterocycles. The Labute approximate surface area is 129 Å². The summed E-state index contributed by atoms with van der Waals surface area (Å²) in [6.07, 6.45) is 4.79. The summed E-state index contributed by atoms with van der Waals surface area (Å²) >= 11 is 5.91. The van der Waals surface area contributed by atoms with Crippen LogP contribution in [0.15, 0.2) is 30.3 Å². The molecule has 2 amide bonds. The molecule has 2 N–H and O–H groups in total. The first kappa shape index (κ1) is 15.6. The van der Waals surface area contributed by atoms with E-state index in [0.29, 0.717) is 11.6 Å². The largest absolute Gasteiger partial charge is 0.369 e. The van der Waals surface area contributed by atoms with Crippen LogP contribution < -0.4 is 5.73 Å². The minimum Gasteiger partial charge on any atom is -0.369 e. The van der Waals surface area contributed by atoms with Crippen LogP contribution in [0.25, 0.3) is 6.08 Å². The number of likely N-dealkylation sites (tertiary alicyclic amines) is 1. The topological polar surface area (TPSA) is 63.4 Å². The number of rotatable bonds is 3. The second-order valence-corrected chi connectivity index (χ2v) is 5.84. The van der Waals surface area contributed by atoms with Gasteiger partial charge >= 0.3 is 0 Å². The first-order valence-corrected chi connectivity index (χ1v) is 7.38. The van der Waals surface area contributed by atoms with Crippen molar-refractivity contribution in [3.63, 3.8) is 0 Å². The Kier molecular flexibility index (Phi) is 5.02. The zero-order chi connectivity index (χ0) is 15.4. The molecule has 1 aromatic carbocycles. The number of hydrogen-bond acceptors (Lipinski definition) is 2. The van der Waals surface area contributed by atoms with Crippen molar-refractivity contribution >= 4 is 29.5 Å². The van der Waals surface area contributed by atoms with Gasteiger partial charge in [0.25, 0.3) is 0 Å². The van der Waals surface area contributed by atoms with E-state index >= 15 is 0 Å². The van der Waals surface area contributed by atoms with Gasteiger partial charge in [0.05, 0.1) is 5.92 Å². The molecule has 1 saturated heterocycles. The van der Waals surface area contributed by atoms with Crippen molar-refractivity contribution in [2.24, 2.45) is 11.7 Å². The van der Waals surface area contributed by atoms with E-state index in [1.807, 2.05) is 19.1 Å². The second-order valence-electron chi connectivity index (χ2n) is 5.40. The third-order valence-electron chi connectivity index (χ3n) is 3.83. The van der Waals surface area contributed by atoms with E-state index in [9.17, 15) is 9.59 Å². The maximum absolute atomic E-state index is 12.3. The lowest BCUT2D eigenvalue weighted by molar-refractivity contribution is -0.133. The van der Waals surface area contributed by atoms with Gasteiger partial charge in [0, 0.05) is 23.7 Å². The predicted molar refractivity (Wildman–Crippen MR) is 83.6 cm³/mol. The number of nitrogens with two attached hydrogens (primary N) is 1. The molecule has 1 aliphatic rings. The van der Waals surface area contributed by atoms with Crippen molar-refractivity contribution in [1.82, 2.24) is 4.90 Å². The molecule has 112 valence electrons. The lowest BCUT2D eigenvalue weighted by atomic mass is 9.93. The van der Waals surface area contributed by atoms with Gasteiger partial charge < -0.3 is 10.6 Å². The van der Waals surface area contributed by atoms with Gasteiger partial charge in [-0.25, -0.2) is 0 Å². The van der Waals surface area contributed by atoms with Gasteiger partial charge in [0.1, 0.15) is 0 Å². The van der Waals surface area contributed by atoms with E-state index < -0.39 is 0 Å². The highest BCUT2D eigenvalue weighted by Gasteiger charge is 2.30. The van der Waals surface area contributed by atoms with Crippen molar-refractivity contribution in [2.75, 3.05) is 6.54 Å². The van der Waals surface area contributed by atoms with E-state index in [0.717, 1.165) is 18.4 Å². The summed E-state index contributed by atoms with van der Waals surface area (Å²) in [5, 5.41) is 0.629. The molecular formula is C16H19ClN2O2. The summed E-state index contributed by atoms with van der Waals surface area (Å²) in [5.74, 6) is -0.684. The standard InChI is InChI=1S/C16H19ClN2O2/c1-11-5-7-13(16(18)21)10-19(11)15(20)8-6-12-3-2-4-14(17)9-12/h2-4,6,8-9,11,13H,5,7,10H2,1H3,(H2,18,21)/b8-6+. The van der Waals surface area contributed by atoms with Crippen LogP contribution in [0, 0.1) is 5.92 Å². The van der Waals surface area contributed by atoms with Crippen molar-refractivity contribution in [3.05, 3.63) is 40.9 Å². The Balaban J connectivity index is 2.06. The van der Waals surface area contributed by atoms with Crippen LogP contribution in [0.2, 0.25) is 5.02 Å². The lowest BCUT2D eigenvalue weighted by Gasteiger charge is -2.36. The highest BCUT2D eigenvalue weighted by atomic mass is 35.5. The fourth-order valence-electron chi connectivity index (χ4n) is 2.52. The molecule has 0 saturated carbocycles. The maximum Gasteiger partial charge on any atom is 0.246 e. The van der Waals surface area contributed by atoms with Crippen LogP contribution in [0.5, 0.6) is 0 Å². The van der Waals surface area contributed by atoms with Gasteiger partial charge in [-0.15, -0.1) is 0 Å². The summed E-state index contributed by atoms with van der Waals surface area (Å²) in [5.41, 5.74) is 6.21. The van der Waals surface area contributed by atoms with Crippen molar-refractivity contribution in [2.45, 2.75) is 25.8 Å². The van der Waals surface area contributed by atoms with Crippen LogP contribution in [0.3, 0.4) is 0 Å². The molecule has 1 heterocycles. The van der Waals surface area contributed by atoms with Gasteiger partial charge in [-0.2, -0.15) is 0 Å². The maximum atomic E-state index is 12.3. The smallest absolute Gasteiger partial charge is 0.246 e. The monoisotopic (exact) mass is 306 g/mol. The van der Waals surface area contributed by atoms with Crippen LogP contribution >= 0.6 is 11.6 Å². The summed E-state index contributed by atoms with van der Waals surface area (Å²) < 4.78 is 0. The summed E-state index contributed by atoms with van der Waals surface area (Å²) in [4.78, 5) is 25.3. The summed E-state index contributed by atoms with van der Waals surface area (Å²) in [6, 6.07) is 7.40. The number of halogens is 1. The summed E-state index contributed by atoms with van der Waals surface area (Å²) in [7, 11) is 0. The zero-order valence-electron chi connectivity index (χ0n) is 12.0. The zero-order valence-corrected chi connectivity index (χ0v) is 12.7. The summed E-state index contributed by atoms with van der Waals surface area (Å²) in [6.45, 7) is 2.39. The molecule has 0 bridgehead atoms. The van der Waals surface area contributed by atoms with E-state index in [1.54, 1.807) is 23.1 Å². The Morgan fingerprint density at radius 3 is 2.81 bits per heavy atom. The molecule has 2 atom stereocenters. The van der Waals surface area contributed by atoms with E-state index in [1.165, 1.54) is 6.08 Å². The highest BCUT2D eigenvalue weighted by Crippen LogP contribution is 2.22. The SMILES string of the molecule is CC1CCC(C(N)=O)CN1C(=O)/C=C/c1cccc(Cl)c1. The molecule has 5 heteroatoms. The van der Waals surface area contributed by atoms with Crippen molar-refractivity contribution in [3.8, 4) is 0 Å². The molecule has 0 aliphatic carbocycles. The van der Waals surface area contributed by atoms with Crippen LogP contribution in [-0.4, -0.2) is 29.3 Å². The van der Waals surface area contributed by atoms with E-state index in [-0.39, 0.29) is 23.8 Å². The first-order valence-electron chi connectivity index (χ1n) is 7.01. The molecule has 21 heavy (non-hydrogen) atoms. The molecule has 0 radical (unpaired) electrons. The van der Waals surface area contributed by atoms with E-state index in [2.05, 4.69) is 0 Å². The minimum absolute atomic E-state index is 0.103. The number of piperidine rings is 1. The van der Waals surface area contributed by atoms with Gasteiger partial charge in [-0.1, -0.05) is 23.7 Å². The van der Waals surface area contributed by atoms with Gasteiger partial charge in [-0.3, -0.25) is 9.59 Å². The number of carbonyl (C=O) groups excluding carboxylic acids is 2. The van der Waals surface area contributed by atoms with E-state index in [4.69, 9.17) is 17.3 Å². The number of primary amides is 1. The third kappa shape index (κ3) is 4.08. The molecule has 0 aromatic heterocycles. The highest BCUT2D eigenvalue weighted by molar-refractivity contribution is 6.30. The Morgan fingerprint density at radius 2 is 2.14 bits per heavy atom. The lowest BCUT2D eigenvalue weighted by Crippen LogP contribution is -2.48. The van der Waals surface area contributed by atoms with Gasteiger partial charge in [0.15, 0.2) is 0 Å². The molecule has 1 fully saturated rings. The molecule has 0 spiro atoms. The van der Waals surface area contributed by atoms with Crippen LogP contribution in [-0.2, 0) is 9.59 Å². The number of hydrogen-bond donors (Lipinski definition) is 1. The van der Waals surface area contributed by atoms with Crippen molar-refractivity contribution < 1.29 is 9.59 Å². The molecule has 1 aromatic rings. The Morgan fingerprint density at radius 1 is 1.38 bits per heavy atom. The first-order chi connectivity index (χ1) is 9.97.